The third-order valence-corrected chi connectivity index (χ3v) is 5.04. The SMILES string of the molecule is Cc1ccc(OCC2Cc3ccccc3S2)c([C@H](C)O)c1. The quantitative estimate of drug-likeness (QED) is 0.920. The summed E-state index contributed by atoms with van der Waals surface area (Å²) < 4.78 is 5.99. The van der Waals surface area contributed by atoms with Crippen molar-refractivity contribution in [2.75, 3.05) is 6.61 Å². The predicted octanol–water partition coefficient (Wildman–Crippen LogP) is 4.14. The molecule has 0 spiro atoms. The summed E-state index contributed by atoms with van der Waals surface area (Å²) in [4.78, 5) is 1.37. The van der Waals surface area contributed by atoms with E-state index in [0.29, 0.717) is 11.9 Å². The zero-order chi connectivity index (χ0) is 14.8. The molecule has 1 N–H and O–H groups in total. The zero-order valence-electron chi connectivity index (χ0n) is 12.4. The largest absolute Gasteiger partial charge is 0.492 e. The molecular formula is C18H20O2S. The van der Waals surface area contributed by atoms with Crippen molar-refractivity contribution in [1.29, 1.82) is 0 Å². The number of aliphatic hydroxyl groups excluding tert-OH is 1. The minimum absolute atomic E-state index is 0.450. The number of thioether (sulfide) groups is 1. The number of ether oxygens (including phenoxy) is 1. The van der Waals surface area contributed by atoms with Crippen LogP contribution in [0.2, 0.25) is 0 Å². The van der Waals surface area contributed by atoms with E-state index in [-0.39, 0.29) is 0 Å². The van der Waals surface area contributed by atoms with Gasteiger partial charge in [0.2, 0.25) is 0 Å². The van der Waals surface area contributed by atoms with Crippen LogP contribution in [0.25, 0.3) is 0 Å². The molecule has 0 radical (unpaired) electrons. The van der Waals surface area contributed by atoms with Crippen LogP contribution in [0.15, 0.2) is 47.4 Å². The molecule has 2 aromatic rings. The van der Waals surface area contributed by atoms with E-state index in [9.17, 15) is 5.11 Å². The van der Waals surface area contributed by atoms with Gasteiger partial charge in [-0.05, 0) is 44.0 Å². The monoisotopic (exact) mass is 300 g/mol. The van der Waals surface area contributed by atoms with Gasteiger partial charge >= 0.3 is 0 Å². The Kier molecular flexibility index (Phi) is 4.22. The second-order valence-electron chi connectivity index (χ2n) is 5.58. The molecule has 110 valence electrons. The molecule has 0 saturated carbocycles. The molecule has 0 bridgehead atoms. The normalized spacial score (nSPS) is 18.3. The van der Waals surface area contributed by atoms with Gasteiger partial charge in [-0.15, -0.1) is 11.8 Å². The van der Waals surface area contributed by atoms with Crippen LogP contribution < -0.4 is 4.74 Å². The molecule has 0 amide bonds. The van der Waals surface area contributed by atoms with Gasteiger partial charge in [0.05, 0.1) is 6.10 Å². The molecule has 0 aromatic heterocycles. The van der Waals surface area contributed by atoms with Gasteiger partial charge < -0.3 is 9.84 Å². The third-order valence-electron chi connectivity index (χ3n) is 3.75. The maximum Gasteiger partial charge on any atom is 0.125 e. The van der Waals surface area contributed by atoms with E-state index in [1.807, 2.05) is 36.9 Å². The highest BCUT2D eigenvalue weighted by Crippen LogP contribution is 2.37. The van der Waals surface area contributed by atoms with Gasteiger partial charge in [-0.2, -0.15) is 0 Å². The predicted molar refractivity (Wildman–Crippen MR) is 87.1 cm³/mol. The summed E-state index contributed by atoms with van der Waals surface area (Å²) in [6, 6.07) is 14.5. The van der Waals surface area contributed by atoms with Crippen LogP contribution in [-0.2, 0) is 6.42 Å². The van der Waals surface area contributed by atoms with Gasteiger partial charge in [0.1, 0.15) is 12.4 Å². The first-order chi connectivity index (χ1) is 10.1. The molecular weight excluding hydrogens is 280 g/mol. The molecule has 1 aliphatic heterocycles. The Morgan fingerprint density at radius 1 is 1.29 bits per heavy atom. The van der Waals surface area contributed by atoms with Crippen molar-refractivity contribution in [2.24, 2.45) is 0 Å². The Morgan fingerprint density at radius 3 is 2.86 bits per heavy atom. The number of hydrogen-bond donors (Lipinski definition) is 1. The molecule has 1 heterocycles. The van der Waals surface area contributed by atoms with Crippen LogP contribution in [0, 0.1) is 6.92 Å². The molecule has 3 heteroatoms. The molecule has 2 atom stereocenters. The van der Waals surface area contributed by atoms with E-state index in [4.69, 9.17) is 4.74 Å². The molecule has 1 aliphatic rings. The summed E-state index contributed by atoms with van der Waals surface area (Å²) in [5, 5.41) is 10.3. The minimum Gasteiger partial charge on any atom is -0.492 e. The molecule has 2 nitrogen and oxygen atoms in total. The lowest BCUT2D eigenvalue weighted by Crippen LogP contribution is -2.14. The first kappa shape index (κ1) is 14.5. The molecule has 1 unspecified atom stereocenters. The van der Waals surface area contributed by atoms with Crippen LogP contribution in [0.5, 0.6) is 5.75 Å². The van der Waals surface area contributed by atoms with E-state index < -0.39 is 6.10 Å². The molecule has 0 fully saturated rings. The van der Waals surface area contributed by atoms with Gasteiger partial charge in [0.15, 0.2) is 0 Å². The number of rotatable bonds is 4. The second-order valence-corrected chi connectivity index (χ2v) is 6.92. The molecule has 21 heavy (non-hydrogen) atoms. The topological polar surface area (TPSA) is 29.5 Å². The van der Waals surface area contributed by atoms with Gasteiger partial charge in [0, 0.05) is 15.7 Å². The maximum atomic E-state index is 9.88. The van der Waals surface area contributed by atoms with Crippen LogP contribution in [0.4, 0.5) is 0 Å². The standard InChI is InChI=1S/C18H20O2S/c1-12-7-8-17(16(9-12)13(2)19)20-11-15-10-14-5-3-4-6-18(14)21-15/h3-9,13,15,19H,10-11H2,1-2H3/t13-,15?/m0/s1. The lowest BCUT2D eigenvalue weighted by atomic mass is 10.1. The second kappa shape index (κ2) is 6.12. The van der Waals surface area contributed by atoms with Crippen LogP contribution >= 0.6 is 11.8 Å². The first-order valence-corrected chi connectivity index (χ1v) is 8.17. The smallest absolute Gasteiger partial charge is 0.125 e. The van der Waals surface area contributed by atoms with Crippen LogP contribution in [0.1, 0.15) is 29.7 Å². The Hall–Kier alpha value is -1.45. The Bertz CT molecular complexity index is 612. The molecule has 0 saturated heterocycles. The van der Waals surface area contributed by atoms with Gasteiger partial charge in [-0.3, -0.25) is 0 Å². The molecule has 3 rings (SSSR count). The summed E-state index contributed by atoms with van der Waals surface area (Å²) >= 11 is 1.89. The average molecular weight is 300 g/mol. The van der Waals surface area contributed by atoms with Crippen molar-refractivity contribution in [3.05, 3.63) is 59.2 Å². The average Bonchev–Trinajstić information content (AvgIpc) is 2.88. The highest BCUT2D eigenvalue weighted by molar-refractivity contribution is 8.00. The Morgan fingerprint density at radius 2 is 2.10 bits per heavy atom. The highest BCUT2D eigenvalue weighted by atomic mass is 32.2. The van der Waals surface area contributed by atoms with Crippen molar-refractivity contribution in [3.63, 3.8) is 0 Å². The number of fused-ring (bicyclic) bond motifs is 1. The molecule has 0 aliphatic carbocycles. The van der Waals surface area contributed by atoms with Gasteiger partial charge in [0.25, 0.3) is 0 Å². The van der Waals surface area contributed by atoms with Crippen LogP contribution in [-0.4, -0.2) is 17.0 Å². The zero-order valence-corrected chi connectivity index (χ0v) is 13.2. The number of benzene rings is 2. The van der Waals surface area contributed by atoms with Gasteiger partial charge in [-0.25, -0.2) is 0 Å². The fraction of sp³-hybridized carbons (Fsp3) is 0.333. The summed E-state index contributed by atoms with van der Waals surface area (Å²) in [7, 11) is 0. The minimum atomic E-state index is -0.506. The van der Waals surface area contributed by atoms with E-state index in [1.54, 1.807) is 6.92 Å². The van der Waals surface area contributed by atoms with Crippen molar-refractivity contribution in [1.82, 2.24) is 0 Å². The molecule has 2 aromatic carbocycles. The van der Waals surface area contributed by atoms with Gasteiger partial charge in [-0.1, -0.05) is 29.8 Å². The van der Waals surface area contributed by atoms with E-state index >= 15 is 0 Å². The van der Waals surface area contributed by atoms with E-state index in [2.05, 4.69) is 24.3 Å². The fourth-order valence-corrected chi connectivity index (χ4v) is 3.87. The summed E-state index contributed by atoms with van der Waals surface area (Å²) in [6.45, 7) is 4.48. The Labute approximate surface area is 130 Å². The highest BCUT2D eigenvalue weighted by Gasteiger charge is 2.22. The van der Waals surface area contributed by atoms with Crippen molar-refractivity contribution >= 4 is 11.8 Å². The summed E-state index contributed by atoms with van der Waals surface area (Å²) in [5.41, 5.74) is 3.42. The Balaban J connectivity index is 1.67. The van der Waals surface area contributed by atoms with Crippen molar-refractivity contribution in [2.45, 2.75) is 36.5 Å². The third kappa shape index (κ3) is 3.25. The van der Waals surface area contributed by atoms with Crippen molar-refractivity contribution in [3.8, 4) is 5.75 Å². The van der Waals surface area contributed by atoms with E-state index in [0.717, 1.165) is 23.3 Å². The first-order valence-electron chi connectivity index (χ1n) is 7.29. The number of aryl methyl sites for hydroxylation is 1. The lowest BCUT2D eigenvalue weighted by molar-refractivity contribution is 0.191. The fourth-order valence-electron chi connectivity index (χ4n) is 2.66. The van der Waals surface area contributed by atoms with E-state index in [1.165, 1.54) is 10.5 Å². The lowest BCUT2D eigenvalue weighted by Gasteiger charge is -2.16. The number of aliphatic hydroxyl groups is 1. The summed E-state index contributed by atoms with van der Waals surface area (Å²) in [5.74, 6) is 0.798. The summed E-state index contributed by atoms with van der Waals surface area (Å²) in [6.07, 6.45) is 0.546. The number of hydrogen-bond acceptors (Lipinski definition) is 3. The van der Waals surface area contributed by atoms with Crippen molar-refractivity contribution < 1.29 is 9.84 Å². The maximum absolute atomic E-state index is 9.88. The van der Waals surface area contributed by atoms with Crippen LogP contribution in [0.3, 0.4) is 0 Å².